The van der Waals surface area contributed by atoms with Gasteiger partial charge < -0.3 is 24.8 Å². The maximum Gasteiger partial charge on any atom is -1.00 e. The van der Waals surface area contributed by atoms with Crippen molar-refractivity contribution >= 4 is 0 Å². The van der Waals surface area contributed by atoms with Crippen LogP contribution in [-0.2, 0) is 25.2 Å². The van der Waals surface area contributed by atoms with Gasteiger partial charge in [-0.25, -0.2) is 0 Å². The van der Waals surface area contributed by atoms with Crippen molar-refractivity contribution in [2.24, 2.45) is 0 Å². The van der Waals surface area contributed by atoms with E-state index >= 15 is 0 Å². The van der Waals surface area contributed by atoms with Gasteiger partial charge in [0.15, 0.2) is 0 Å². The SMILES string of the molecule is CCCOC(CC1=[C]([Ti+2])CC=C1)c1ccccc1.[Cl-].[Cl-]. The number of allylic oxidation sites excluding steroid dienone is 3. The average molecular weight is 346 g/mol. The minimum Gasteiger partial charge on any atom is -1.00 e. The smallest absolute Gasteiger partial charge is 1.00 e. The summed E-state index contributed by atoms with van der Waals surface area (Å²) in [4.78, 5) is 0. The monoisotopic (exact) mass is 345 g/mol. The Hall–Kier alpha value is -0.0457. The molecule has 0 aromatic heterocycles. The van der Waals surface area contributed by atoms with E-state index in [4.69, 9.17) is 4.74 Å². The van der Waals surface area contributed by atoms with E-state index in [1.54, 1.807) is 0 Å². The first-order valence-electron chi connectivity index (χ1n) is 6.58. The molecule has 1 aromatic carbocycles. The van der Waals surface area contributed by atoms with Crippen molar-refractivity contribution in [2.75, 3.05) is 6.61 Å². The van der Waals surface area contributed by atoms with Crippen LogP contribution in [0.4, 0.5) is 0 Å². The van der Waals surface area contributed by atoms with Gasteiger partial charge in [0.1, 0.15) is 0 Å². The average Bonchev–Trinajstić information content (AvgIpc) is 2.81. The fraction of sp³-hybridized carbons (Fsp3) is 0.375. The molecule has 1 nitrogen and oxygen atoms in total. The Morgan fingerprint density at radius 3 is 2.45 bits per heavy atom. The summed E-state index contributed by atoms with van der Waals surface area (Å²) in [5.74, 6) is 0. The molecule has 0 saturated carbocycles. The Morgan fingerprint density at radius 2 is 1.90 bits per heavy atom. The second kappa shape index (κ2) is 10.6. The molecule has 1 aliphatic carbocycles. The molecule has 0 amide bonds. The minimum atomic E-state index is 0. The molecule has 0 fully saturated rings. The quantitative estimate of drug-likeness (QED) is 0.559. The van der Waals surface area contributed by atoms with Crippen molar-refractivity contribution in [1.29, 1.82) is 0 Å². The molecular weight excluding hydrogens is 327 g/mol. The Morgan fingerprint density at radius 1 is 1.20 bits per heavy atom. The molecule has 1 unspecified atom stereocenters. The molecule has 1 atom stereocenters. The number of hydrogen-bond donors (Lipinski definition) is 0. The van der Waals surface area contributed by atoms with Crippen LogP contribution in [0.15, 0.2) is 51.9 Å². The third-order valence-corrected chi connectivity index (χ3v) is 3.95. The number of ether oxygens (including phenoxy) is 1. The van der Waals surface area contributed by atoms with Gasteiger partial charge >= 0.3 is 122 Å². The van der Waals surface area contributed by atoms with Crippen molar-refractivity contribution in [3.8, 4) is 0 Å². The van der Waals surface area contributed by atoms with Crippen LogP contribution in [0.2, 0.25) is 0 Å². The molecule has 0 aliphatic heterocycles. The molecule has 20 heavy (non-hydrogen) atoms. The van der Waals surface area contributed by atoms with Crippen LogP contribution in [0.5, 0.6) is 0 Å². The van der Waals surface area contributed by atoms with Gasteiger partial charge in [0.2, 0.25) is 0 Å². The molecule has 0 spiro atoms. The van der Waals surface area contributed by atoms with Gasteiger partial charge in [-0.1, -0.05) is 0 Å². The van der Waals surface area contributed by atoms with Gasteiger partial charge in [-0.2, -0.15) is 0 Å². The van der Waals surface area contributed by atoms with Crippen molar-refractivity contribution < 1.29 is 50.0 Å². The largest absolute Gasteiger partial charge is 1.00 e. The standard InChI is InChI=1S/C16H19O.2ClH.Ti/c1-2-12-17-16(13-14-8-6-7-9-14)15-10-4-3-5-11-15;;;/h3-6,8,10-11,16H,2,7,12-13H2,1H3;2*1H;/q;;;+2/p-2. The predicted molar refractivity (Wildman–Crippen MR) is 70.8 cm³/mol. The Labute approximate surface area is 146 Å². The normalized spacial score (nSPS) is 14.8. The third-order valence-electron chi connectivity index (χ3n) is 3.13. The molecule has 0 saturated heterocycles. The van der Waals surface area contributed by atoms with Gasteiger partial charge in [-0.3, -0.25) is 0 Å². The van der Waals surface area contributed by atoms with E-state index in [-0.39, 0.29) is 30.9 Å². The van der Waals surface area contributed by atoms with E-state index in [1.807, 2.05) is 0 Å². The molecule has 0 N–H and O–H groups in total. The number of benzene rings is 1. The van der Waals surface area contributed by atoms with Gasteiger partial charge in [-0.15, -0.1) is 0 Å². The molecular formula is C16H19Cl2OTi. The second-order valence-electron chi connectivity index (χ2n) is 4.58. The molecule has 0 radical (unpaired) electrons. The van der Waals surface area contributed by atoms with Crippen molar-refractivity contribution in [3.63, 3.8) is 0 Å². The third kappa shape index (κ3) is 5.75. The molecule has 2 rings (SSSR count). The summed E-state index contributed by atoms with van der Waals surface area (Å²) in [5, 5.41) is 0. The summed E-state index contributed by atoms with van der Waals surface area (Å²) < 4.78 is 7.50. The van der Waals surface area contributed by atoms with E-state index in [9.17, 15) is 0 Å². The fourth-order valence-electron chi connectivity index (χ4n) is 2.14. The summed E-state index contributed by atoms with van der Waals surface area (Å²) in [6.45, 7) is 2.98. The van der Waals surface area contributed by atoms with Crippen LogP contribution < -0.4 is 24.8 Å². The number of rotatable bonds is 6. The van der Waals surface area contributed by atoms with E-state index in [2.05, 4.69) is 69.8 Å². The van der Waals surface area contributed by atoms with Gasteiger partial charge in [0.05, 0.1) is 0 Å². The zero-order chi connectivity index (χ0) is 12.8. The maximum absolute atomic E-state index is 6.02. The Bertz CT molecular complexity index is 443. The molecule has 0 bridgehead atoms. The first-order chi connectivity index (χ1) is 8.81. The van der Waals surface area contributed by atoms with Crippen molar-refractivity contribution in [1.82, 2.24) is 0 Å². The number of halogens is 2. The van der Waals surface area contributed by atoms with Gasteiger partial charge in [0, 0.05) is 0 Å². The summed E-state index contributed by atoms with van der Waals surface area (Å²) in [6, 6.07) is 10.6. The second-order valence-corrected chi connectivity index (χ2v) is 5.53. The van der Waals surface area contributed by atoms with Crippen molar-refractivity contribution in [2.45, 2.75) is 32.3 Å². The molecule has 0 heterocycles. The van der Waals surface area contributed by atoms with Crippen LogP contribution in [0.25, 0.3) is 0 Å². The van der Waals surface area contributed by atoms with Crippen LogP contribution >= 0.6 is 0 Å². The van der Waals surface area contributed by atoms with E-state index in [0.29, 0.717) is 0 Å². The van der Waals surface area contributed by atoms with E-state index in [0.717, 1.165) is 25.9 Å². The maximum atomic E-state index is 6.02. The van der Waals surface area contributed by atoms with Crippen LogP contribution in [0.1, 0.15) is 37.9 Å². The molecule has 1 aromatic rings. The van der Waals surface area contributed by atoms with Gasteiger partial charge in [-0.05, 0) is 0 Å². The zero-order valence-corrected chi connectivity index (χ0v) is 14.7. The molecule has 107 valence electrons. The minimum absolute atomic E-state index is 0. The predicted octanol–water partition coefficient (Wildman–Crippen LogP) is -1.69. The van der Waals surface area contributed by atoms with E-state index < -0.39 is 0 Å². The van der Waals surface area contributed by atoms with Crippen LogP contribution in [-0.4, -0.2) is 6.61 Å². The number of hydrogen-bond acceptors (Lipinski definition) is 1. The van der Waals surface area contributed by atoms with Crippen LogP contribution in [0.3, 0.4) is 0 Å². The van der Waals surface area contributed by atoms with Crippen molar-refractivity contribution in [3.05, 3.63) is 57.5 Å². The summed E-state index contributed by atoms with van der Waals surface area (Å²) >= 11 is 2.22. The summed E-state index contributed by atoms with van der Waals surface area (Å²) in [6.07, 6.45) is 7.85. The van der Waals surface area contributed by atoms with E-state index in [1.165, 1.54) is 15.0 Å². The Kier molecular flexibility index (Phi) is 10.6. The molecule has 4 heteroatoms. The summed E-state index contributed by atoms with van der Waals surface area (Å²) in [7, 11) is 0. The Balaban J connectivity index is 0.00000180. The van der Waals surface area contributed by atoms with Gasteiger partial charge in [0.25, 0.3) is 0 Å². The first kappa shape index (κ1) is 20.0. The first-order valence-corrected chi connectivity index (χ1v) is 7.36. The zero-order valence-electron chi connectivity index (χ0n) is 11.6. The summed E-state index contributed by atoms with van der Waals surface area (Å²) in [5.41, 5.74) is 2.73. The molecule has 1 aliphatic rings. The topological polar surface area (TPSA) is 9.23 Å². The van der Waals surface area contributed by atoms with Crippen LogP contribution in [0, 0.1) is 0 Å². The fourth-order valence-corrected chi connectivity index (χ4v) is 2.62.